The lowest BCUT2D eigenvalue weighted by Crippen LogP contribution is -1.88. The van der Waals surface area contributed by atoms with E-state index in [1.165, 1.54) is 63.9 Å². The molecule has 4 nitrogen and oxygen atoms in total. The smallest absolute Gasteiger partial charge is 0.201 e. The van der Waals surface area contributed by atoms with Crippen LogP contribution < -0.4 is 0 Å². The molecule has 0 saturated heterocycles. The number of rotatable bonds is 2. The molecule has 0 bridgehead atoms. The van der Waals surface area contributed by atoms with E-state index in [1.54, 1.807) is 0 Å². The zero-order valence-electron chi connectivity index (χ0n) is 28.4. The molecule has 6 rings (SSSR count). The molecule has 0 heterocycles. The second kappa shape index (κ2) is 17.3. The molecule has 0 atom stereocenters. The van der Waals surface area contributed by atoms with Gasteiger partial charge >= 0.3 is 0 Å². The van der Waals surface area contributed by atoms with E-state index >= 15 is 0 Å². The zero-order chi connectivity index (χ0) is 34.5. The Bertz CT molecular complexity index is 1720. The predicted molar refractivity (Wildman–Crippen MR) is 196 cm³/mol. The van der Waals surface area contributed by atoms with Crippen LogP contribution in [0.15, 0.2) is 127 Å². The molecule has 4 heteroatoms. The highest BCUT2D eigenvalue weighted by molar-refractivity contribution is 5.77. The molecule has 0 spiro atoms. The number of benzene rings is 6. The van der Waals surface area contributed by atoms with E-state index < -0.39 is 17.2 Å². The van der Waals surface area contributed by atoms with Gasteiger partial charge in [0, 0.05) is 11.1 Å². The van der Waals surface area contributed by atoms with Gasteiger partial charge in [0.15, 0.2) is 11.5 Å². The minimum absolute atomic E-state index is 0.155. The Hall–Kier alpha value is -5.48. The van der Waals surface area contributed by atoms with E-state index in [1.807, 2.05) is 36.4 Å². The molecular weight excluding hydrogens is 580 g/mol. The van der Waals surface area contributed by atoms with Crippen molar-refractivity contribution >= 4 is 0 Å². The van der Waals surface area contributed by atoms with Crippen LogP contribution in [-0.4, -0.2) is 20.4 Å². The molecule has 0 aliphatic heterocycles. The highest BCUT2D eigenvalue weighted by Crippen LogP contribution is 2.45. The summed E-state index contributed by atoms with van der Waals surface area (Å²) in [5, 5.41) is 36.6. The van der Waals surface area contributed by atoms with E-state index in [0.29, 0.717) is 0 Å². The third-order valence-corrected chi connectivity index (χ3v) is 7.81. The Morgan fingerprint density at radius 3 is 1.17 bits per heavy atom. The molecule has 6 aromatic rings. The Morgan fingerprint density at radius 1 is 0.319 bits per heavy atom. The molecule has 0 saturated carbocycles. The largest absolute Gasteiger partial charge is 0.507 e. The summed E-state index contributed by atoms with van der Waals surface area (Å²) in [6.07, 6.45) is 0. The van der Waals surface area contributed by atoms with E-state index in [2.05, 4.69) is 126 Å². The molecule has 0 aromatic heterocycles. The van der Waals surface area contributed by atoms with Gasteiger partial charge in [0.1, 0.15) is 5.75 Å². The fraction of sp³-hybridized carbons (Fsp3) is 0.163. The summed E-state index contributed by atoms with van der Waals surface area (Å²) in [5.41, 5.74) is 12.1. The van der Waals surface area contributed by atoms with Gasteiger partial charge < -0.3 is 20.4 Å². The topological polar surface area (TPSA) is 80.9 Å². The minimum atomic E-state index is -0.595. The number of phenols is 4. The first kappa shape index (κ1) is 36.0. The zero-order valence-corrected chi connectivity index (χ0v) is 28.4. The van der Waals surface area contributed by atoms with Crippen LogP contribution in [0.1, 0.15) is 38.9 Å². The van der Waals surface area contributed by atoms with Crippen molar-refractivity contribution in [2.45, 2.75) is 48.5 Å². The van der Waals surface area contributed by atoms with Crippen LogP contribution in [-0.2, 0) is 0 Å². The van der Waals surface area contributed by atoms with Crippen LogP contribution in [0.4, 0.5) is 0 Å². The molecule has 0 amide bonds. The summed E-state index contributed by atoms with van der Waals surface area (Å²) >= 11 is 0. The van der Waals surface area contributed by atoms with Gasteiger partial charge in [-0.1, -0.05) is 138 Å². The first-order valence-electron chi connectivity index (χ1n) is 15.6. The van der Waals surface area contributed by atoms with E-state index in [0.717, 1.165) is 0 Å². The van der Waals surface area contributed by atoms with Crippen molar-refractivity contribution in [3.63, 3.8) is 0 Å². The first-order valence-corrected chi connectivity index (χ1v) is 15.6. The van der Waals surface area contributed by atoms with Crippen molar-refractivity contribution < 1.29 is 20.4 Å². The normalized spacial score (nSPS) is 9.94. The van der Waals surface area contributed by atoms with Crippen LogP contribution in [0, 0.1) is 48.5 Å². The minimum Gasteiger partial charge on any atom is -0.507 e. The van der Waals surface area contributed by atoms with Crippen LogP contribution in [0.2, 0.25) is 0 Å². The monoisotopic (exact) mass is 626 g/mol. The van der Waals surface area contributed by atoms with Gasteiger partial charge in [-0.3, -0.25) is 0 Å². The third-order valence-electron chi connectivity index (χ3n) is 7.81. The van der Waals surface area contributed by atoms with Gasteiger partial charge in [0.25, 0.3) is 0 Å². The van der Waals surface area contributed by atoms with Crippen molar-refractivity contribution in [2.24, 2.45) is 0 Å². The molecule has 0 fully saturated rings. The summed E-state index contributed by atoms with van der Waals surface area (Å²) < 4.78 is 0. The maximum atomic E-state index is 9.26. The standard InChI is InChI=1S/C21H20.C8H10O4.2C7H8/c1-15-8-11-18(12-9-15)19-13-10-17(3)21(14-19)20-7-5-4-6-16(20)2;1-3-5(9)4(2)7(11)8(12)6(3)10;2*1-7-5-3-2-4-6-7/h4-14H,1-3H3;9-12H,1-2H3;2*2-6H,1H3. The fourth-order valence-corrected chi connectivity index (χ4v) is 4.75. The maximum absolute atomic E-state index is 9.26. The Kier molecular flexibility index (Phi) is 13.2. The average molecular weight is 627 g/mol. The van der Waals surface area contributed by atoms with Crippen LogP contribution in [0.3, 0.4) is 0 Å². The molecule has 0 unspecified atom stereocenters. The number of hydrogen-bond donors (Lipinski definition) is 4. The quantitative estimate of drug-likeness (QED) is 0.114. The van der Waals surface area contributed by atoms with Crippen molar-refractivity contribution in [3.05, 3.63) is 166 Å². The number of hydrogen-bond acceptors (Lipinski definition) is 4. The van der Waals surface area contributed by atoms with Gasteiger partial charge in [-0.2, -0.15) is 0 Å². The van der Waals surface area contributed by atoms with Gasteiger partial charge in [0.2, 0.25) is 5.75 Å². The first-order chi connectivity index (χ1) is 22.4. The van der Waals surface area contributed by atoms with Crippen molar-refractivity contribution in [1.82, 2.24) is 0 Å². The number of aryl methyl sites for hydroxylation is 5. The summed E-state index contributed by atoms with van der Waals surface area (Å²) in [6, 6.07) is 44.6. The molecular formula is C43H46O4. The summed E-state index contributed by atoms with van der Waals surface area (Å²) in [4.78, 5) is 0. The summed E-state index contributed by atoms with van der Waals surface area (Å²) in [6.45, 7) is 13.5. The van der Waals surface area contributed by atoms with Gasteiger partial charge in [0.05, 0.1) is 0 Å². The van der Waals surface area contributed by atoms with Crippen molar-refractivity contribution in [1.29, 1.82) is 0 Å². The second-order valence-corrected chi connectivity index (χ2v) is 11.7. The summed E-state index contributed by atoms with van der Waals surface area (Å²) in [7, 11) is 0. The molecule has 47 heavy (non-hydrogen) atoms. The van der Waals surface area contributed by atoms with Crippen LogP contribution in [0.5, 0.6) is 23.0 Å². The van der Waals surface area contributed by atoms with Crippen molar-refractivity contribution in [3.8, 4) is 45.3 Å². The SMILES string of the molecule is Cc1c(O)c(C)c(O)c(O)c1O.Cc1ccc(-c2ccc(C)c(-c3ccccc3C)c2)cc1.Cc1ccccc1.Cc1ccccc1. The molecule has 0 aliphatic rings. The lowest BCUT2D eigenvalue weighted by atomic mass is 9.93. The number of aromatic hydroxyl groups is 4. The molecule has 6 aromatic carbocycles. The van der Waals surface area contributed by atoms with E-state index in [9.17, 15) is 5.11 Å². The fourth-order valence-electron chi connectivity index (χ4n) is 4.75. The molecule has 4 N–H and O–H groups in total. The third kappa shape index (κ3) is 10.3. The van der Waals surface area contributed by atoms with Crippen molar-refractivity contribution in [2.75, 3.05) is 0 Å². The highest BCUT2D eigenvalue weighted by Gasteiger charge is 2.17. The number of phenolic OH excluding ortho intramolecular Hbond substituents is 4. The van der Waals surface area contributed by atoms with Crippen LogP contribution in [0.25, 0.3) is 22.3 Å². The Balaban J connectivity index is 0.000000193. The predicted octanol–water partition coefficient (Wildman–Crippen LogP) is 11.1. The van der Waals surface area contributed by atoms with Gasteiger partial charge in [-0.25, -0.2) is 0 Å². The molecule has 0 radical (unpaired) electrons. The lowest BCUT2D eigenvalue weighted by Gasteiger charge is -2.12. The summed E-state index contributed by atoms with van der Waals surface area (Å²) in [5.74, 6) is -1.78. The molecule has 242 valence electrons. The second-order valence-electron chi connectivity index (χ2n) is 11.7. The van der Waals surface area contributed by atoms with Crippen LogP contribution >= 0.6 is 0 Å². The van der Waals surface area contributed by atoms with Gasteiger partial charge in [-0.05, 0) is 87.9 Å². The maximum Gasteiger partial charge on any atom is 0.201 e. The van der Waals surface area contributed by atoms with Gasteiger partial charge in [-0.15, -0.1) is 0 Å². The highest BCUT2D eigenvalue weighted by atomic mass is 16.3. The lowest BCUT2D eigenvalue weighted by molar-refractivity contribution is 0.355. The average Bonchev–Trinajstić information content (AvgIpc) is 3.08. The van der Waals surface area contributed by atoms with E-state index in [-0.39, 0.29) is 16.9 Å². The Labute approximate surface area is 279 Å². The molecule has 0 aliphatic carbocycles. The van der Waals surface area contributed by atoms with E-state index in [4.69, 9.17) is 15.3 Å². The Morgan fingerprint density at radius 2 is 0.723 bits per heavy atom.